The van der Waals surface area contributed by atoms with Crippen LogP contribution in [0.25, 0.3) is 0 Å². The highest BCUT2D eigenvalue weighted by Gasteiger charge is 2.06. The Morgan fingerprint density at radius 3 is 2.65 bits per heavy atom. The molecule has 2 aromatic carbocycles. The molecular weight excluding hydrogens is 250 g/mol. The first kappa shape index (κ1) is 14.1. The summed E-state index contributed by atoms with van der Waals surface area (Å²) in [5.74, 6) is 0.195. The summed E-state index contributed by atoms with van der Waals surface area (Å²) in [5.41, 5.74) is 3.98. The van der Waals surface area contributed by atoms with Crippen molar-refractivity contribution in [3.63, 3.8) is 0 Å². The largest absolute Gasteiger partial charge is 0.508 e. The Hall–Kier alpha value is -2.29. The van der Waals surface area contributed by atoms with Gasteiger partial charge in [0.15, 0.2) is 0 Å². The number of phenolic OH excluding ortho intramolecular Hbond substituents is 1. The van der Waals surface area contributed by atoms with Crippen LogP contribution in [0.3, 0.4) is 0 Å². The Morgan fingerprint density at radius 2 is 1.95 bits per heavy atom. The number of carbonyl (C=O) groups is 1. The summed E-state index contributed by atoms with van der Waals surface area (Å²) in [6.45, 7) is 3.90. The third kappa shape index (κ3) is 3.85. The van der Waals surface area contributed by atoms with E-state index in [1.54, 1.807) is 18.2 Å². The number of anilines is 1. The smallest absolute Gasteiger partial charge is 0.224 e. The second-order valence-corrected chi connectivity index (χ2v) is 5.04. The van der Waals surface area contributed by atoms with Gasteiger partial charge in [0.2, 0.25) is 5.91 Å². The van der Waals surface area contributed by atoms with Crippen molar-refractivity contribution in [1.29, 1.82) is 0 Å². The van der Waals surface area contributed by atoms with Crippen molar-refractivity contribution in [2.75, 3.05) is 5.32 Å². The molecule has 0 aliphatic heterocycles. The Bertz CT molecular complexity index is 620. The molecule has 0 bridgehead atoms. The highest BCUT2D eigenvalue weighted by molar-refractivity contribution is 5.91. The van der Waals surface area contributed by atoms with Crippen LogP contribution in [-0.4, -0.2) is 11.0 Å². The van der Waals surface area contributed by atoms with Crippen LogP contribution >= 0.6 is 0 Å². The maximum atomic E-state index is 11.9. The van der Waals surface area contributed by atoms with Gasteiger partial charge in [0.05, 0.1) is 0 Å². The summed E-state index contributed by atoms with van der Waals surface area (Å²) in [6, 6.07) is 13.1. The van der Waals surface area contributed by atoms with Crippen molar-refractivity contribution in [2.45, 2.75) is 26.7 Å². The SMILES string of the molecule is Cc1cccc(CCC(=O)Nc2ccc(O)cc2C)c1. The van der Waals surface area contributed by atoms with Gasteiger partial charge in [-0.25, -0.2) is 0 Å². The summed E-state index contributed by atoms with van der Waals surface area (Å²) < 4.78 is 0. The molecule has 1 amide bonds. The van der Waals surface area contributed by atoms with E-state index in [0.29, 0.717) is 6.42 Å². The number of hydrogen-bond donors (Lipinski definition) is 2. The average molecular weight is 269 g/mol. The van der Waals surface area contributed by atoms with E-state index in [2.05, 4.69) is 11.4 Å². The molecule has 3 nitrogen and oxygen atoms in total. The number of amides is 1. The van der Waals surface area contributed by atoms with Gasteiger partial charge in [-0.15, -0.1) is 0 Å². The highest BCUT2D eigenvalue weighted by atomic mass is 16.3. The molecular formula is C17H19NO2. The van der Waals surface area contributed by atoms with E-state index >= 15 is 0 Å². The van der Waals surface area contributed by atoms with Gasteiger partial charge >= 0.3 is 0 Å². The lowest BCUT2D eigenvalue weighted by molar-refractivity contribution is -0.116. The molecule has 0 saturated heterocycles. The van der Waals surface area contributed by atoms with Crippen molar-refractivity contribution in [3.05, 3.63) is 59.2 Å². The topological polar surface area (TPSA) is 49.3 Å². The van der Waals surface area contributed by atoms with Crippen LogP contribution in [-0.2, 0) is 11.2 Å². The van der Waals surface area contributed by atoms with Crippen molar-refractivity contribution < 1.29 is 9.90 Å². The lowest BCUT2D eigenvalue weighted by Gasteiger charge is -2.09. The minimum atomic E-state index is -0.0136. The van der Waals surface area contributed by atoms with E-state index in [1.165, 1.54) is 11.1 Å². The van der Waals surface area contributed by atoms with Gasteiger partial charge in [0.25, 0.3) is 0 Å². The standard InChI is InChI=1S/C17H19NO2/c1-12-4-3-5-14(10-12)6-9-17(20)18-16-8-7-15(19)11-13(16)2/h3-5,7-8,10-11,19H,6,9H2,1-2H3,(H,18,20). The van der Waals surface area contributed by atoms with Crippen molar-refractivity contribution in [2.24, 2.45) is 0 Å². The van der Waals surface area contributed by atoms with Gasteiger partial charge in [-0.3, -0.25) is 4.79 Å². The Balaban J connectivity index is 1.92. The monoisotopic (exact) mass is 269 g/mol. The van der Waals surface area contributed by atoms with Crippen LogP contribution in [0, 0.1) is 13.8 Å². The number of nitrogens with one attached hydrogen (secondary N) is 1. The number of rotatable bonds is 4. The van der Waals surface area contributed by atoms with Crippen molar-refractivity contribution >= 4 is 11.6 Å². The third-order valence-electron chi connectivity index (χ3n) is 3.21. The fourth-order valence-electron chi connectivity index (χ4n) is 2.13. The summed E-state index contributed by atoms with van der Waals surface area (Å²) in [7, 11) is 0. The zero-order chi connectivity index (χ0) is 14.5. The molecule has 20 heavy (non-hydrogen) atoms. The molecule has 0 fully saturated rings. The zero-order valence-corrected chi connectivity index (χ0v) is 11.8. The number of aromatic hydroxyl groups is 1. The molecule has 0 aliphatic carbocycles. The van der Waals surface area contributed by atoms with E-state index in [1.807, 2.05) is 32.0 Å². The van der Waals surface area contributed by atoms with Gasteiger partial charge < -0.3 is 10.4 Å². The molecule has 0 atom stereocenters. The second-order valence-electron chi connectivity index (χ2n) is 5.04. The normalized spacial score (nSPS) is 10.3. The number of hydrogen-bond acceptors (Lipinski definition) is 2. The van der Waals surface area contributed by atoms with Crippen LogP contribution in [0.2, 0.25) is 0 Å². The summed E-state index contributed by atoms with van der Waals surface area (Å²) in [4.78, 5) is 11.9. The molecule has 2 rings (SSSR count). The Labute approximate surface area is 119 Å². The molecule has 0 radical (unpaired) electrons. The number of carbonyl (C=O) groups excluding carboxylic acids is 1. The van der Waals surface area contributed by atoms with Crippen LogP contribution in [0.1, 0.15) is 23.1 Å². The lowest BCUT2D eigenvalue weighted by Crippen LogP contribution is -2.13. The zero-order valence-electron chi connectivity index (χ0n) is 11.8. The highest BCUT2D eigenvalue weighted by Crippen LogP contribution is 2.20. The van der Waals surface area contributed by atoms with Gasteiger partial charge in [0.1, 0.15) is 5.75 Å². The Morgan fingerprint density at radius 1 is 1.15 bits per heavy atom. The van der Waals surface area contributed by atoms with Crippen molar-refractivity contribution in [1.82, 2.24) is 0 Å². The molecule has 2 N–H and O–H groups in total. The van der Waals surface area contributed by atoms with Gasteiger partial charge in [-0.1, -0.05) is 29.8 Å². The summed E-state index contributed by atoms with van der Waals surface area (Å²) in [5, 5.41) is 12.2. The van der Waals surface area contributed by atoms with E-state index in [0.717, 1.165) is 17.7 Å². The summed E-state index contributed by atoms with van der Waals surface area (Å²) >= 11 is 0. The van der Waals surface area contributed by atoms with Crippen LogP contribution in [0.5, 0.6) is 5.75 Å². The molecule has 104 valence electrons. The van der Waals surface area contributed by atoms with Gasteiger partial charge in [-0.2, -0.15) is 0 Å². The summed E-state index contributed by atoms with van der Waals surface area (Å²) in [6.07, 6.45) is 1.18. The first-order chi connectivity index (χ1) is 9.54. The van der Waals surface area contributed by atoms with E-state index in [4.69, 9.17) is 0 Å². The lowest BCUT2D eigenvalue weighted by atomic mass is 10.1. The average Bonchev–Trinajstić information content (AvgIpc) is 2.40. The number of benzene rings is 2. The van der Waals surface area contributed by atoms with Crippen LogP contribution in [0.15, 0.2) is 42.5 Å². The number of phenols is 1. The molecule has 0 spiro atoms. The molecule has 0 unspecified atom stereocenters. The minimum absolute atomic E-state index is 0.0136. The Kier molecular flexibility index (Phi) is 4.41. The first-order valence-corrected chi connectivity index (χ1v) is 6.69. The molecule has 2 aromatic rings. The maximum Gasteiger partial charge on any atom is 0.224 e. The minimum Gasteiger partial charge on any atom is -0.508 e. The molecule has 0 aliphatic rings. The van der Waals surface area contributed by atoms with E-state index in [9.17, 15) is 9.90 Å². The van der Waals surface area contributed by atoms with E-state index in [-0.39, 0.29) is 11.7 Å². The molecule has 0 heterocycles. The fourth-order valence-corrected chi connectivity index (χ4v) is 2.13. The van der Waals surface area contributed by atoms with Crippen LogP contribution in [0.4, 0.5) is 5.69 Å². The van der Waals surface area contributed by atoms with Crippen molar-refractivity contribution in [3.8, 4) is 5.75 Å². The van der Waals surface area contributed by atoms with Crippen LogP contribution < -0.4 is 5.32 Å². The van der Waals surface area contributed by atoms with E-state index < -0.39 is 0 Å². The predicted octanol–water partition coefficient (Wildman–Crippen LogP) is 3.58. The fraction of sp³-hybridized carbons (Fsp3) is 0.235. The second kappa shape index (κ2) is 6.24. The molecule has 0 aromatic heterocycles. The number of aryl methyl sites for hydroxylation is 3. The third-order valence-corrected chi connectivity index (χ3v) is 3.21. The quantitative estimate of drug-likeness (QED) is 0.833. The maximum absolute atomic E-state index is 11.9. The molecule has 0 saturated carbocycles. The predicted molar refractivity (Wildman–Crippen MR) is 81.0 cm³/mol. The first-order valence-electron chi connectivity index (χ1n) is 6.69. The van der Waals surface area contributed by atoms with Gasteiger partial charge in [0, 0.05) is 12.1 Å². The van der Waals surface area contributed by atoms with Gasteiger partial charge in [-0.05, 0) is 49.6 Å². The molecule has 3 heteroatoms.